The summed E-state index contributed by atoms with van der Waals surface area (Å²) in [7, 11) is 1.56. The zero-order valence-electron chi connectivity index (χ0n) is 10.9. The number of carbonyl (C=O) groups is 1. The second kappa shape index (κ2) is 7.55. The molecule has 0 aliphatic carbocycles. The number of hydrogen-bond donors (Lipinski definition) is 2. The number of hydrogen-bond acceptors (Lipinski definition) is 4. The molecular formula is C13H20N2O3. The fourth-order valence-electron chi connectivity index (χ4n) is 1.42. The molecule has 5 heteroatoms. The van der Waals surface area contributed by atoms with Gasteiger partial charge in [0, 0.05) is 13.1 Å². The van der Waals surface area contributed by atoms with Crippen LogP contribution in [0.4, 0.5) is 0 Å². The Bertz CT molecular complexity index is 394. The van der Waals surface area contributed by atoms with E-state index in [9.17, 15) is 4.79 Å². The molecule has 0 unspecified atom stereocenters. The van der Waals surface area contributed by atoms with E-state index in [-0.39, 0.29) is 12.5 Å². The maximum atomic E-state index is 11.4. The van der Waals surface area contributed by atoms with Crippen LogP contribution < -0.4 is 20.5 Å². The Morgan fingerprint density at radius 2 is 2.17 bits per heavy atom. The summed E-state index contributed by atoms with van der Waals surface area (Å²) in [6, 6.07) is 5.41. The molecule has 1 aromatic rings. The van der Waals surface area contributed by atoms with E-state index in [1.807, 2.05) is 13.0 Å². The van der Waals surface area contributed by atoms with Crippen molar-refractivity contribution in [3.63, 3.8) is 0 Å². The van der Waals surface area contributed by atoms with Gasteiger partial charge in [-0.1, -0.05) is 13.0 Å². The molecule has 1 amide bonds. The monoisotopic (exact) mass is 252 g/mol. The Morgan fingerprint density at radius 1 is 1.39 bits per heavy atom. The van der Waals surface area contributed by atoms with Gasteiger partial charge in [0.2, 0.25) is 0 Å². The van der Waals surface area contributed by atoms with Crippen LogP contribution in [0.15, 0.2) is 18.2 Å². The SMILES string of the molecule is CCCNC(=O)COc1ccc(CN)cc1OC. The largest absolute Gasteiger partial charge is 0.493 e. The molecule has 0 saturated carbocycles. The number of carbonyl (C=O) groups excluding carboxylic acids is 1. The van der Waals surface area contributed by atoms with Crippen molar-refractivity contribution >= 4 is 5.91 Å². The summed E-state index contributed by atoms with van der Waals surface area (Å²) in [5.41, 5.74) is 6.49. The van der Waals surface area contributed by atoms with Crippen LogP contribution in [0.3, 0.4) is 0 Å². The lowest BCUT2D eigenvalue weighted by Gasteiger charge is -2.11. The molecule has 5 nitrogen and oxygen atoms in total. The molecule has 18 heavy (non-hydrogen) atoms. The summed E-state index contributed by atoms with van der Waals surface area (Å²) in [5.74, 6) is 0.990. The van der Waals surface area contributed by atoms with Gasteiger partial charge in [-0.25, -0.2) is 0 Å². The standard InChI is InChI=1S/C13H20N2O3/c1-3-6-15-13(16)9-18-11-5-4-10(8-14)7-12(11)17-2/h4-5,7H,3,6,8-9,14H2,1-2H3,(H,15,16). The van der Waals surface area contributed by atoms with Gasteiger partial charge < -0.3 is 20.5 Å². The van der Waals surface area contributed by atoms with Gasteiger partial charge in [-0.15, -0.1) is 0 Å². The molecule has 3 N–H and O–H groups in total. The first-order chi connectivity index (χ1) is 8.71. The normalized spacial score (nSPS) is 9.94. The van der Waals surface area contributed by atoms with Gasteiger partial charge in [0.05, 0.1) is 7.11 Å². The highest BCUT2D eigenvalue weighted by molar-refractivity contribution is 5.77. The highest BCUT2D eigenvalue weighted by Gasteiger charge is 2.07. The van der Waals surface area contributed by atoms with Crippen molar-refractivity contribution in [1.82, 2.24) is 5.32 Å². The fourth-order valence-corrected chi connectivity index (χ4v) is 1.42. The summed E-state index contributed by atoms with van der Waals surface area (Å²) in [6.07, 6.45) is 0.903. The van der Waals surface area contributed by atoms with Crippen molar-refractivity contribution in [2.24, 2.45) is 5.73 Å². The van der Waals surface area contributed by atoms with Crippen molar-refractivity contribution in [2.75, 3.05) is 20.3 Å². The summed E-state index contributed by atoms with van der Waals surface area (Å²) in [6.45, 7) is 3.08. The first kappa shape index (κ1) is 14.3. The number of ether oxygens (including phenoxy) is 2. The molecule has 0 saturated heterocycles. The Balaban J connectivity index is 2.58. The molecule has 0 atom stereocenters. The van der Waals surface area contributed by atoms with Gasteiger partial charge >= 0.3 is 0 Å². The van der Waals surface area contributed by atoms with Crippen LogP contribution in [0.1, 0.15) is 18.9 Å². The van der Waals surface area contributed by atoms with E-state index in [4.69, 9.17) is 15.2 Å². The number of benzene rings is 1. The number of nitrogens with two attached hydrogens (primary N) is 1. The maximum absolute atomic E-state index is 11.4. The van der Waals surface area contributed by atoms with Crippen LogP contribution in [0, 0.1) is 0 Å². The fraction of sp³-hybridized carbons (Fsp3) is 0.462. The van der Waals surface area contributed by atoms with Gasteiger partial charge in [-0.05, 0) is 24.1 Å². The predicted molar refractivity (Wildman–Crippen MR) is 69.7 cm³/mol. The van der Waals surface area contributed by atoms with Crippen molar-refractivity contribution < 1.29 is 14.3 Å². The lowest BCUT2D eigenvalue weighted by atomic mass is 10.2. The lowest BCUT2D eigenvalue weighted by molar-refractivity contribution is -0.123. The summed E-state index contributed by atoms with van der Waals surface area (Å²) >= 11 is 0. The zero-order chi connectivity index (χ0) is 13.4. The average molecular weight is 252 g/mol. The molecular weight excluding hydrogens is 232 g/mol. The van der Waals surface area contributed by atoms with Crippen molar-refractivity contribution in [3.8, 4) is 11.5 Å². The topological polar surface area (TPSA) is 73.6 Å². The van der Waals surface area contributed by atoms with Gasteiger partial charge in [0.25, 0.3) is 5.91 Å². The molecule has 1 aromatic carbocycles. The van der Waals surface area contributed by atoms with Gasteiger partial charge in [0.1, 0.15) is 0 Å². The average Bonchev–Trinajstić information content (AvgIpc) is 2.42. The summed E-state index contributed by atoms with van der Waals surface area (Å²) in [5, 5.41) is 2.74. The van der Waals surface area contributed by atoms with E-state index in [2.05, 4.69) is 5.32 Å². The Kier molecular flexibility index (Phi) is 6.00. The number of nitrogens with one attached hydrogen (secondary N) is 1. The van der Waals surface area contributed by atoms with Crippen molar-refractivity contribution in [2.45, 2.75) is 19.9 Å². The second-order valence-electron chi connectivity index (χ2n) is 3.83. The Hall–Kier alpha value is -1.75. The number of rotatable bonds is 7. The summed E-state index contributed by atoms with van der Waals surface area (Å²) < 4.78 is 10.6. The molecule has 0 radical (unpaired) electrons. The van der Waals surface area contributed by atoms with Gasteiger partial charge in [0.15, 0.2) is 18.1 Å². The van der Waals surface area contributed by atoms with Crippen LogP contribution in [-0.4, -0.2) is 26.2 Å². The molecule has 0 aromatic heterocycles. The van der Waals surface area contributed by atoms with E-state index in [1.165, 1.54) is 0 Å². The van der Waals surface area contributed by atoms with Crippen LogP contribution in [0.25, 0.3) is 0 Å². The van der Waals surface area contributed by atoms with E-state index >= 15 is 0 Å². The first-order valence-corrected chi connectivity index (χ1v) is 5.97. The smallest absolute Gasteiger partial charge is 0.257 e. The van der Waals surface area contributed by atoms with Crippen molar-refractivity contribution in [1.29, 1.82) is 0 Å². The molecule has 0 bridgehead atoms. The third kappa shape index (κ3) is 4.25. The van der Waals surface area contributed by atoms with Gasteiger partial charge in [-0.3, -0.25) is 4.79 Å². The zero-order valence-corrected chi connectivity index (χ0v) is 10.9. The van der Waals surface area contributed by atoms with Crippen LogP contribution in [0.5, 0.6) is 11.5 Å². The van der Waals surface area contributed by atoms with E-state index in [0.717, 1.165) is 12.0 Å². The van der Waals surface area contributed by atoms with Crippen molar-refractivity contribution in [3.05, 3.63) is 23.8 Å². The molecule has 0 heterocycles. The number of amides is 1. The number of methoxy groups -OCH3 is 1. The molecule has 0 aliphatic heterocycles. The molecule has 1 rings (SSSR count). The highest BCUT2D eigenvalue weighted by Crippen LogP contribution is 2.27. The van der Waals surface area contributed by atoms with Crippen LogP contribution in [-0.2, 0) is 11.3 Å². The van der Waals surface area contributed by atoms with Crippen LogP contribution >= 0.6 is 0 Å². The molecule has 0 fully saturated rings. The van der Waals surface area contributed by atoms with E-state index < -0.39 is 0 Å². The first-order valence-electron chi connectivity index (χ1n) is 5.97. The summed E-state index contributed by atoms with van der Waals surface area (Å²) in [4.78, 5) is 11.4. The third-order valence-electron chi connectivity index (χ3n) is 2.39. The highest BCUT2D eigenvalue weighted by atomic mass is 16.5. The predicted octanol–water partition coefficient (Wildman–Crippen LogP) is 1.06. The quantitative estimate of drug-likeness (QED) is 0.761. The van der Waals surface area contributed by atoms with Gasteiger partial charge in [-0.2, -0.15) is 0 Å². The molecule has 0 spiro atoms. The minimum absolute atomic E-state index is 0.0155. The van der Waals surface area contributed by atoms with E-state index in [1.54, 1.807) is 19.2 Å². The second-order valence-corrected chi connectivity index (χ2v) is 3.83. The molecule has 0 aliphatic rings. The van der Waals surface area contributed by atoms with E-state index in [0.29, 0.717) is 24.6 Å². The Morgan fingerprint density at radius 3 is 2.78 bits per heavy atom. The maximum Gasteiger partial charge on any atom is 0.257 e. The minimum atomic E-state index is -0.137. The lowest BCUT2D eigenvalue weighted by Crippen LogP contribution is -2.29. The third-order valence-corrected chi connectivity index (χ3v) is 2.39. The Labute approximate surface area is 107 Å². The minimum Gasteiger partial charge on any atom is -0.493 e. The molecule has 100 valence electrons. The van der Waals surface area contributed by atoms with Crippen LogP contribution in [0.2, 0.25) is 0 Å².